The molecule has 0 N–H and O–H groups in total. The molecule has 0 aromatic heterocycles. The second-order valence-electron chi connectivity index (χ2n) is 6.52. The minimum atomic E-state index is 0.0994. The number of hydrogen-bond acceptors (Lipinski definition) is 0. The van der Waals surface area contributed by atoms with Crippen LogP contribution in [0, 0.1) is 11.3 Å². The number of hydrogen-bond donors (Lipinski definition) is 0. The van der Waals surface area contributed by atoms with Crippen LogP contribution in [0.25, 0.3) is 0 Å². The van der Waals surface area contributed by atoms with E-state index in [1.165, 1.54) is 44.9 Å². The molecule has 0 spiro atoms. The van der Waals surface area contributed by atoms with Crippen LogP contribution < -0.4 is 0 Å². The third-order valence-electron chi connectivity index (χ3n) is 4.64. The van der Waals surface area contributed by atoms with E-state index in [4.69, 9.17) is 7.85 Å². The minimum Gasteiger partial charge on any atom is -0.0688 e. The van der Waals surface area contributed by atoms with Crippen LogP contribution in [0.5, 0.6) is 0 Å². The predicted molar refractivity (Wildman–Crippen MR) is 69.4 cm³/mol. The molecule has 1 rings (SSSR count). The van der Waals surface area contributed by atoms with Gasteiger partial charge in [-0.25, -0.2) is 0 Å². The second kappa shape index (κ2) is 4.93. The molecule has 2 unspecified atom stereocenters. The highest BCUT2D eigenvalue weighted by Crippen LogP contribution is 2.44. The monoisotopic (exact) mass is 206 g/mol. The highest BCUT2D eigenvalue weighted by Gasteiger charge is 2.30. The van der Waals surface area contributed by atoms with Gasteiger partial charge in [0.05, 0.1) is 7.85 Å². The quantitative estimate of drug-likeness (QED) is 0.543. The lowest BCUT2D eigenvalue weighted by molar-refractivity contribution is 0.173. The van der Waals surface area contributed by atoms with E-state index < -0.39 is 0 Å². The van der Waals surface area contributed by atoms with Gasteiger partial charge in [-0.1, -0.05) is 65.1 Å². The van der Waals surface area contributed by atoms with Gasteiger partial charge in [-0.2, -0.15) is 0 Å². The summed E-state index contributed by atoms with van der Waals surface area (Å²) in [5, 5.41) is 0.0994. The summed E-state index contributed by atoms with van der Waals surface area (Å²) >= 11 is 0. The van der Waals surface area contributed by atoms with E-state index in [9.17, 15) is 0 Å². The Kier molecular flexibility index (Phi) is 4.32. The van der Waals surface area contributed by atoms with Crippen molar-refractivity contribution >= 4 is 7.85 Å². The van der Waals surface area contributed by atoms with Gasteiger partial charge in [0.15, 0.2) is 0 Å². The summed E-state index contributed by atoms with van der Waals surface area (Å²) in [5.41, 5.74) is 0.556. The van der Waals surface area contributed by atoms with Crippen molar-refractivity contribution in [2.75, 3.05) is 0 Å². The molecule has 1 heteroatoms. The molecule has 0 aromatic carbocycles. The zero-order chi connectivity index (χ0) is 11.5. The Balaban J connectivity index is 2.60. The fourth-order valence-corrected chi connectivity index (χ4v) is 2.78. The summed E-state index contributed by atoms with van der Waals surface area (Å²) in [7, 11) is 6.28. The van der Waals surface area contributed by atoms with Gasteiger partial charge in [0, 0.05) is 0 Å². The molecule has 2 radical (unpaired) electrons. The zero-order valence-electron chi connectivity index (χ0n) is 11.1. The van der Waals surface area contributed by atoms with E-state index in [2.05, 4.69) is 27.7 Å². The van der Waals surface area contributed by atoms with Crippen LogP contribution in [0.3, 0.4) is 0 Å². The van der Waals surface area contributed by atoms with Gasteiger partial charge >= 0.3 is 0 Å². The SMILES string of the molecule is [B]C1(C)CCCCC(C)(C(C)C)CCC1. The predicted octanol–water partition coefficient (Wildman–Crippen LogP) is 4.74. The smallest absolute Gasteiger partial charge is 0.0688 e. The molecule has 0 amide bonds. The van der Waals surface area contributed by atoms with Gasteiger partial charge in [-0.15, -0.1) is 0 Å². The molecule has 0 aromatic rings. The molecular formula is C14H27B. The van der Waals surface area contributed by atoms with Crippen molar-refractivity contribution in [3.63, 3.8) is 0 Å². The van der Waals surface area contributed by atoms with Crippen LogP contribution in [0.2, 0.25) is 5.31 Å². The normalized spacial score (nSPS) is 39.5. The summed E-state index contributed by atoms with van der Waals surface area (Å²) in [6.45, 7) is 9.45. The first-order valence-electron chi connectivity index (χ1n) is 6.65. The van der Waals surface area contributed by atoms with E-state index >= 15 is 0 Å². The van der Waals surface area contributed by atoms with E-state index in [-0.39, 0.29) is 5.31 Å². The molecule has 0 heterocycles. The standard InChI is InChI=1S/C14H27B/c1-12(2)13(3)8-5-6-10-14(4,15)11-7-9-13/h12H,5-11H2,1-4H3. The van der Waals surface area contributed by atoms with E-state index in [0.717, 1.165) is 5.92 Å². The van der Waals surface area contributed by atoms with Gasteiger partial charge in [0.1, 0.15) is 0 Å². The first-order chi connectivity index (χ1) is 6.86. The fourth-order valence-electron chi connectivity index (χ4n) is 2.78. The fraction of sp³-hybridized carbons (Fsp3) is 1.00. The van der Waals surface area contributed by atoms with Crippen LogP contribution >= 0.6 is 0 Å². The van der Waals surface area contributed by atoms with Crippen LogP contribution in [0.4, 0.5) is 0 Å². The van der Waals surface area contributed by atoms with Crippen molar-refractivity contribution in [3.05, 3.63) is 0 Å². The third kappa shape index (κ3) is 3.85. The average Bonchev–Trinajstić information content (AvgIpc) is 2.17. The third-order valence-corrected chi connectivity index (χ3v) is 4.64. The summed E-state index contributed by atoms with van der Waals surface area (Å²) in [5.74, 6) is 0.805. The summed E-state index contributed by atoms with van der Waals surface area (Å²) in [6, 6.07) is 0. The largest absolute Gasteiger partial charge is 0.0742 e. The highest BCUT2D eigenvalue weighted by molar-refractivity contribution is 6.14. The summed E-state index contributed by atoms with van der Waals surface area (Å²) < 4.78 is 0. The van der Waals surface area contributed by atoms with Crippen molar-refractivity contribution in [1.29, 1.82) is 0 Å². The Morgan fingerprint density at radius 3 is 1.93 bits per heavy atom. The van der Waals surface area contributed by atoms with E-state index in [1.807, 2.05) is 0 Å². The van der Waals surface area contributed by atoms with Crippen LogP contribution in [-0.4, -0.2) is 7.85 Å². The average molecular weight is 206 g/mol. The molecule has 1 fully saturated rings. The molecule has 0 saturated heterocycles. The molecule has 1 aliphatic carbocycles. The van der Waals surface area contributed by atoms with Gasteiger partial charge in [-0.05, 0) is 24.2 Å². The Morgan fingerprint density at radius 1 is 0.867 bits per heavy atom. The lowest BCUT2D eigenvalue weighted by Gasteiger charge is -2.34. The second-order valence-corrected chi connectivity index (χ2v) is 6.52. The van der Waals surface area contributed by atoms with Crippen molar-refractivity contribution in [3.8, 4) is 0 Å². The molecule has 0 nitrogen and oxygen atoms in total. The first kappa shape index (κ1) is 13.1. The molecule has 86 valence electrons. The van der Waals surface area contributed by atoms with Crippen molar-refractivity contribution < 1.29 is 0 Å². The first-order valence-corrected chi connectivity index (χ1v) is 6.65. The van der Waals surface area contributed by atoms with Crippen molar-refractivity contribution in [2.24, 2.45) is 11.3 Å². The maximum Gasteiger partial charge on any atom is 0.0742 e. The van der Waals surface area contributed by atoms with Gasteiger partial charge in [0.2, 0.25) is 0 Å². The Labute approximate surface area is 97.6 Å². The van der Waals surface area contributed by atoms with E-state index in [0.29, 0.717) is 5.41 Å². The lowest BCUT2D eigenvalue weighted by Crippen LogP contribution is -2.23. The van der Waals surface area contributed by atoms with E-state index in [1.54, 1.807) is 0 Å². The topological polar surface area (TPSA) is 0 Å². The maximum absolute atomic E-state index is 6.28. The molecule has 1 saturated carbocycles. The van der Waals surface area contributed by atoms with Gasteiger partial charge in [0.25, 0.3) is 0 Å². The molecule has 2 atom stereocenters. The molecule has 0 aliphatic heterocycles. The Bertz CT molecular complexity index is 196. The Hall–Kier alpha value is 0.0649. The highest BCUT2D eigenvalue weighted by atomic mass is 14.3. The van der Waals surface area contributed by atoms with Crippen LogP contribution in [0.15, 0.2) is 0 Å². The summed E-state index contributed by atoms with van der Waals surface area (Å²) in [6.07, 6.45) is 9.15. The van der Waals surface area contributed by atoms with Crippen LogP contribution in [-0.2, 0) is 0 Å². The molecule has 1 aliphatic rings. The minimum absolute atomic E-state index is 0.0994. The molecule has 15 heavy (non-hydrogen) atoms. The zero-order valence-corrected chi connectivity index (χ0v) is 11.1. The Morgan fingerprint density at radius 2 is 1.33 bits per heavy atom. The summed E-state index contributed by atoms with van der Waals surface area (Å²) in [4.78, 5) is 0. The molecular weight excluding hydrogens is 179 g/mol. The van der Waals surface area contributed by atoms with Gasteiger partial charge in [-0.3, -0.25) is 0 Å². The van der Waals surface area contributed by atoms with Gasteiger partial charge < -0.3 is 0 Å². The van der Waals surface area contributed by atoms with Crippen LogP contribution in [0.1, 0.15) is 72.6 Å². The van der Waals surface area contributed by atoms with Crippen molar-refractivity contribution in [2.45, 2.75) is 78.0 Å². The molecule has 0 bridgehead atoms. The lowest BCUT2D eigenvalue weighted by atomic mass is 9.64. The van der Waals surface area contributed by atoms with Crippen molar-refractivity contribution in [1.82, 2.24) is 0 Å². The maximum atomic E-state index is 6.28. The number of rotatable bonds is 1.